The molecule has 0 bridgehead atoms. The van der Waals surface area contributed by atoms with Gasteiger partial charge in [0, 0.05) is 29.4 Å². The summed E-state index contributed by atoms with van der Waals surface area (Å²) in [7, 11) is 0. The Bertz CT molecular complexity index is 1030. The Labute approximate surface area is 158 Å². The molecule has 1 aliphatic rings. The highest BCUT2D eigenvalue weighted by Gasteiger charge is 2.17. The van der Waals surface area contributed by atoms with Gasteiger partial charge in [-0.3, -0.25) is 4.68 Å². The third kappa shape index (κ3) is 3.59. The van der Waals surface area contributed by atoms with Crippen LogP contribution in [0.3, 0.4) is 0 Å². The number of nitrogens with zero attached hydrogens (tertiary/aromatic N) is 5. The first-order chi connectivity index (χ1) is 13.3. The van der Waals surface area contributed by atoms with E-state index in [1.165, 1.54) is 25.7 Å². The van der Waals surface area contributed by atoms with E-state index in [9.17, 15) is 5.26 Å². The molecule has 1 fully saturated rings. The fourth-order valence-corrected chi connectivity index (χ4v) is 3.74. The lowest BCUT2D eigenvalue weighted by atomic mass is 10.0. The van der Waals surface area contributed by atoms with Crippen LogP contribution in [0.15, 0.2) is 48.8 Å². The van der Waals surface area contributed by atoms with Crippen molar-refractivity contribution in [2.24, 2.45) is 5.92 Å². The van der Waals surface area contributed by atoms with Crippen LogP contribution in [0.2, 0.25) is 0 Å². The highest BCUT2D eigenvalue weighted by Crippen LogP contribution is 2.32. The Morgan fingerprint density at radius 1 is 0.963 bits per heavy atom. The van der Waals surface area contributed by atoms with Crippen molar-refractivity contribution in [2.75, 3.05) is 0 Å². The van der Waals surface area contributed by atoms with Crippen molar-refractivity contribution in [3.8, 4) is 34.5 Å². The summed E-state index contributed by atoms with van der Waals surface area (Å²) >= 11 is 0. The van der Waals surface area contributed by atoms with Crippen LogP contribution in [0.25, 0.3) is 22.4 Å². The largest absolute Gasteiger partial charge is 0.272 e. The van der Waals surface area contributed by atoms with Crippen molar-refractivity contribution in [2.45, 2.75) is 32.2 Å². The van der Waals surface area contributed by atoms with Gasteiger partial charge in [-0.05, 0) is 43.0 Å². The SMILES string of the molecule is N#Cc1ccc(-c2nc(C#N)ccc2-c2cnn(CC3CCCC3)c2)cc1. The van der Waals surface area contributed by atoms with Crippen LogP contribution in [0.4, 0.5) is 0 Å². The van der Waals surface area contributed by atoms with E-state index in [2.05, 4.69) is 28.4 Å². The molecular weight excluding hydrogens is 334 g/mol. The minimum Gasteiger partial charge on any atom is -0.272 e. The number of pyridine rings is 1. The maximum absolute atomic E-state index is 9.24. The smallest absolute Gasteiger partial charge is 0.141 e. The second-order valence-electron chi connectivity index (χ2n) is 7.00. The summed E-state index contributed by atoms with van der Waals surface area (Å²) in [6.07, 6.45) is 9.14. The zero-order chi connectivity index (χ0) is 18.6. The van der Waals surface area contributed by atoms with Crippen molar-refractivity contribution in [3.63, 3.8) is 0 Å². The molecule has 2 heterocycles. The maximum Gasteiger partial charge on any atom is 0.141 e. The van der Waals surface area contributed by atoms with Crippen LogP contribution in [0, 0.1) is 28.6 Å². The molecular formula is C22H19N5. The molecule has 5 heteroatoms. The number of benzene rings is 1. The maximum atomic E-state index is 9.24. The lowest BCUT2D eigenvalue weighted by molar-refractivity contribution is 0.429. The van der Waals surface area contributed by atoms with Gasteiger partial charge in [0.1, 0.15) is 11.8 Å². The molecule has 0 N–H and O–H groups in total. The van der Waals surface area contributed by atoms with E-state index in [0.717, 1.165) is 34.8 Å². The average molecular weight is 353 g/mol. The van der Waals surface area contributed by atoms with Gasteiger partial charge in [-0.1, -0.05) is 25.0 Å². The summed E-state index contributed by atoms with van der Waals surface area (Å²) in [4.78, 5) is 4.52. The van der Waals surface area contributed by atoms with E-state index in [1.54, 1.807) is 18.2 Å². The zero-order valence-corrected chi connectivity index (χ0v) is 15.0. The van der Waals surface area contributed by atoms with Gasteiger partial charge in [-0.2, -0.15) is 15.6 Å². The number of aromatic nitrogens is 3. The van der Waals surface area contributed by atoms with Gasteiger partial charge in [0.2, 0.25) is 0 Å². The Morgan fingerprint density at radius 3 is 2.44 bits per heavy atom. The zero-order valence-electron chi connectivity index (χ0n) is 15.0. The van der Waals surface area contributed by atoms with Crippen molar-refractivity contribution >= 4 is 0 Å². The third-order valence-corrected chi connectivity index (χ3v) is 5.16. The van der Waals surface area contributed by atoms with Gasteiger partial charge in [-0.15, -0.1) is 0 Å². The van der Waals surface area contributed by atoms with Crippen LogP contribution in [-0.2, 0) is 6.54 Å². The second-order valence-corrected chi connectivity index (χ2v) is 7.00. The number of hydrogen-bond acceptors (Lipinski definition) is 4. The van der Waals surface area contributed by atoms with E-state index >= 15 is 0 Å². The highest BCUT2D eigenvalue weighted by molar-refractivity contribution is 5.80. The van der Waals surface area contributed by atoms with Crippen LogP contribution in [0.5, 0.6) is 0 Å². The average Bonchev–Trinajstić information content (AvgIpc) is 3.40. The summed E-state index contributed by atoms with van der Waals surface area (Å²) in [6.45, 7) is 0.954. The van der Waals surface area contributed by atoms with Gasteiger partial charge in [0.15, 0.2) is 0 Å². The molecule has 27 heavy (non-hydrogen) atoms. The van der Waals surface area contributed by atoms with Crippen molar-refractivity contribution < 1.29 is 0 Å². The lowest BCUT2D eigenvalue weighted by Gasteiger charge is -2.09. The summed E-state index contributed by atoms with van der Waals surface area (Å²) in [6, 6.07) is 15.2. The van der Waals surface area contributed by atoms with Crippen LogP contribution >= 0.6 is 0 Å². The van der Waals surface area contributed by atoms with Gasteiger partial charge >= 0.3 is 0 Å². The quantitative estimate of drug-likeness (QED) is 0.689. The van der Waals surface area contributed by atoms with Crippen LogP contribution in [-0.4, -0.2) is 14.8 Å². The van der Waals surface area contributed by atoms with E-state index in [0.29, 0.717) is 11.3 Å². The minimum absolute atomic E-state index is 0.372. The Morgan fingerprint density at radius 2 is 1.74 bits per heavy atom. The molecule has 0 saturated heterocycles. The van der Waals surface area contributed by atoms with Crippen molar-refractivity contribution in [1.29, 1.82) is 10.5 Å². The summed E-state index contributed by atoms with van der Waals surface area (Å²) in [5.74, 6) is 0.717. The third-order valence-electron chi connectivity index (χ3n) is 5.16. The van der Waals surface area contributed by atoms with Gasteiger partial charge in [0.05, 0.1) is 23.5 Å². The van der Waals surface area contributed by atoms with Crippen molar-refractivity contribution in [3.05, 3.63) is 60.0 Å². The van der Waals surface area contributed by atoms with E-state index in [-0.39, 0.29) is 0 Å². The normalized spacial score (nSPS) is 14.0. The molecule has 5 nitrogen and oxygen atoms in total. The molecule has 0 amide bonds. The predicted octanol–water partition coefficient (Wildman–Crippen LogP) is 4.55. The van der Waals surface area contributed by atoms with E-state index < -0.39 is 0 Å². The summed E-state index contributed by atoms with van der Waals surface area (Å²) < 4.78 is 2.02. The first kappa shape index (κ1) is 17.0. The Balaban J connectivity index is 1.71. The van der Waals surface area contributed by atoms with Gasteiger partial charge in [0.25, 0.3) is 0 Å². The molecule has 132 valence electrons. The molecule has 3 aromatic rings. The Hall–Kier alpha value is -3.44. The van der Waals surface area contributed by atoms with Crippen molar-refractivity contribution in [1.82, 2.24) is 14.8 Å². The monoisotopic (exact) mass is 353 g/mol. The minimum atomic E-state index is 0.372. The predicted molar refractivity (Wildman–Crippen MR) is 102 cm³/mol. The lowest BCUT2D eigenvalue weighted by Crippen LogP contribution is -2.07. The molecule has 1 aromatic carbocycles. The molecule has 0 aliphatic heterocycles. The van der Waals surface area contributed by atoms with Crippen LogP contribution in [0.1, 0.15) is 36.9 Å². The first-order valence-corrected chi connectivity index (χ1v) is 9.21. The van der Waals surface area contributed by atoms with E-state index in [1.807, 2.05) is 29.1 Å². The molecule has 1 aliphatic carbocycles. The fourth-order valence-electron chi connectivity index (χ4n) is 3.74. The van der Waals surface area contributed by atoms with Crippen LogP contribution < -0.4 is 0 Å². The first-order valence-electron chi connectivity index (χ1n) is 9.21. The molecule has 0 spiro atoms. The molecule has 4 rings (SSSR count). The Kier molecular flexibility index (Phi) is 4.68. The second kappa shape index (κ2) is 7.43. The summed E-state index contributed by atoms with van der Waals surface area (Å²) in [5.41, 5.74) is 4.52. The van der Waals surface area contributed by atoms with Gasteiger partial charge in [-0.25, -0.2) is 4.98 Å². The molecule has 2 aromatic heterocycles. The number of rotatable bonds is 4. The molecule has 0 atom stereocenters. The summed E-state index contributed by atoms with van der Waals surface area (Å²) in [5, 5.41) is 22.8. The molecule has 0 radical (unpaired) electrons. The van der Waals surface area contributed by atoms with Gasteiger partial charge < -0.3 is 0 Å². The number of nitriles is 2. The molecule has 1 saturated carbocycles. The highest BCUT2D eigenvalue weighted by atomic mass is 15.3. The standard InChI is InChI=1S/C22H19N5/c23-11-16-5-7-18(8-6-16)22-21(10-9-20(12-24)26-22)19-13-25-27(15-19)14-17-3-1-2-4-17/h5-10,13,15,17H,1-4,14H2. The molecule has 0 unspecified atom stereocenters. The van der Waals surface area contributed by atoms with E-state index in [4.69, 9.17) is 5.26 Å². The number of hydrogen-bond donors (Lipinski definition) is 0. The fraction of sp³-hybridized carbons (Fsp3) is 0.273. The topological polar surface area (TPSA) is 78.3 Å².